The Hall–Kier alpha value is -6.88. The first kappa shape index (κ1) is 27.4. The van der Waals surface area contributed by atoms with Gasteiger partial charge in [0.2, 0.25) is 0 Å². The molecular formula is C44H26N4. The van der Waals surface area contributed by atoms with Gasteiger partial charge in [0.25, 0.3) is 0 Å². The molecule has 0 aliphatic heterocycles. The zero-order valence-electron chi connectivity index (χ0n) is 25.8. The number of aromatic nitrogens is 2. The molecule has 4 heteroatoms. The third-order valence-electron chi connectivity index (χ3n) is 9.40. The Labute approximate surface area is 277 Å². The minimum Gasteiger partial charge on any atom is -0.309 e. The third kappa shape index (κ3) is 4.22. The van der Waals surface area contributed by atoms with Crippen LogP contribution in [0.1, 0.15) is 11.1 Å². The highest BCUT2D eigenvalue weighted by Gasteiger charge is 2.17. The van der Waals surface area contributed by atoms with Crippen LogP contribution in [0, 0.1) is 22.7 Å². The SMILES string of the molecule is N#Cc1ccc(-n2c3ccccc3c3ccc(C#N)cc32)c(-c2ccc(-c3ccc(-n4c5ccccc5c5ccccc54)cc3)cc2)c1. The van der Waals surface area contributed by atoms with Gasteiger partial charge in [-0.1, -0.05) is 97.1 Å². The number of nitriles is 2. The molecule has 4 nitrogen and oxygen atoms in total. The molecule has 48 heavy (non-hydrogen) atoms. The van der Waals surface area contributed by atoms with Crippen molar-refractivity contribution in [2.45, 2.75) is 0 Å². The predicted octanol–water partition coefficient (Wildman–Crippen LogP) is 11.0. The van der Waals surface area contributed by atoms with Gasteiger partial charge in [-0.05, 0) is 77.4 Å². The summed E-state index contributed by atoms with van der Waals surface area (Å²) in [5.41, 5.74) is 11.9. The van der Waals surface area contributed by atoms with Gasteiger partial charge in [0, 0.05) is 32.8 Å². The molecule has 2 aromatic heterocycles. The van der Waals surface area contributed by atoms with Gasteiger partial charge < -0.3 is 9.13 Å². The van der Waals surface area contributed by atoms with Gasteiger partial charge in [0.15, 0.2) is 0 Å². The molecule has 9 aromatic rings. The zero-order chi connectivity index (χ0) is 32.2. The van der Waals surface area contributed by atoms with Crippen molar-refractivity contribution >= 4 is 43.6 Å². The van der Waals surface area contributed by atoms with E-state index in [2.05, 4.69) is 130 Å². The van der Waals surface area contributed by atoms with E-state index in [0.717, 1.165) is 55.4 Å². The highest BCUT2D eigenvalue weighted by atomic mass is 15.0. The second-order valence-electron chi connectivity index (χ2n) is 12.0. The maximum atomic E-state index is 9.85. The van der Waals surface area contributed by atoms with Crippen molar-refractivity contribution < 1.29 is 0 Å². The Bertz CT molecular complexity index is 2730. The molecule has 0 aliphatic carbocycles. The van der Waals surface area contributed by atoms with Crippen LogP contribution >= 0.6 is 0 Å². The molecule has 0 radical (unpaired) electrons. The van der Waals surface area contributed by atoms with E-state index in [4.69, 9.17) is 0 Å². The summed E-state index contributed by atoms with van der Waals surface area (Å²) in [4.78, 5) is 0. The van der Waals surface area contributed by atoms with Crippen LogP contribution in [-0.4, -0.2) is 9.13 Å². The first-order valence-corrected chi connectivity index (χ1v) is 15.9. The van der Waals surface area contributed by atoms with E-state index in [1.807, 2.05) is 48.5 Å². The second-order valence-corrected chi connectivity index (χ2v) is 12.0. The van der Waals surface area contributed by atoms with Gasteiger partial charge in [-0.3, -0.25) is 0 Å². The van der Waals surface area contributed by atoms with Gasteiger partial charge in [-0.25, -0.2) is 0 Å². The van der Waals surface area contributed by atoms with Crippen molar-refractivity contribution in [3.63, 3.8) is 0 Å². The van der Waals surface area contributed by atoms with E-state index in [-0.39, 0.29) is 0 Å². The van der Waals surface area contributed by atoms with E-state index < -0.39 is 0 Å². The monoisotopic (exact) mass is 610 g/mol. The molecule has 0 bridgehead atoms. The summed E-state index contributed by atoms with van der Waals surface area (Å²) in [5, 5.41) is 24.3. The summed E-state index contributed by atoms with van der Waals surface area (Å²) >= 11 is 0. The molecule has 7 aromatic carbocycles. The first-order chi connectivity index (χ1) is 23.7. The van der Waals surface area contributed by atoms with Crippen LogP contribution in [-0.2, 0) is 0 Å². The van der Waals surface area contributed by atoms with Gasteiger partial charge in [0.05, 0.1) is 51.0 Å². The van der Waals surface area contributed by atoms with Crippen LogP contribution < -0.4 is 0 Å². The molecule has 222 valence electrons. The molecule has 9 rings (SSSR count). The molecule has 0 amide bonds. The lowest BCUT2D eigenvalue weighted by atomic mass is 9.97. The summed E-state index contributed by atoms with van der Waals surface area (Å²) in [7, 11) is 0. The van der Waals surface area contributed by atoms with Gasteiger partial charge in [0.1, 0.15) is 0 Å². The molecule has 0 fully saturated rings. The van der Waals surface area contributed by atoms with Crippen molar-refractivity contribution in [3.05, 3.63) is 169 Å². The summed E-state index contributed by atoms with van der Waals surface area (Å²) < 4.78 is 4.54. The molecule has 0 unspecified atom stereocenters. The summed E-state index contributed by atoms with van der Waals surface area (Å²) in [6, 6.07) is 59.0. The number of benzene rings is 7. The maximum absolute atomic E-state index is 9.85. The minimum absolute atomic E-state index is 0.594. The van der Waals surface area contributed by atoms with E-state index in [1.165, 1.54) is 21.8 Å². The quantitative estimate of drug-likeness (QED) is 0.199. The van der Waals surface area contributed by atoms with Crippen LogP contribution in [0.2, 0.25) is 0 Å². The van der Waals surface area contributed by atoms with Gasteiger partial charge >= 0.3 is 0 Å². The summed E-state index contributed by atoms with van der Waals surface area (Å²) in [6.45, 7) is 0. The topological polar surface area (TPSA) is 57.4 Å². The number of nitrogens with zero attached hydrogens (tertiary/aromatic N) is 4. The molecule has 0 saturated carbocycles. The lowest BCUT2D eigenvalue weighted by Crippen LogP contribution is -1.98. The van der Waals surface area contributed by atoms with Crippen LogP contribution in [0.25, 0.3) is 77.2 Å². The molecular weight excluding hydrogens is 585 g/mol. The fourth-order valence-corrected chi connectivity index (χ4v) is 7.18. The Kier molecular flexibility index (Phi) is 6.22. The lowest BCUT2D eigenvalue weighted by molar-refractivity contribution is 1.18. The third-order valence-corrected chi connectivity index (χ3v) is 9.40. The van der Waals surface area contributed by atoms with E-state index in [0.29, 0.717) is 11.1 Å². The first-order valence-electron chi connectivity index (χ1n) is 15.9. The van der Waals surface area contributed by atoms with Crippen molar-refractivity contribution in [2.24, 2.45) is 0 Å². The average molecular weight is 611 g/mol. The van der Waals surface area contributed by atoms with E-state index in [1.54, 1.807) is 0 Å². The Morgan fingerprint density at radius 2 is 0.833 bits per heavy atom. The molecule has 2 heterocycles. The van der Waals surface area contributed by atoms with Gasteiger partial charge in [-0.2, -0.15) is 10.5 Å². The highest BCUT2D eigenvalue weighted by Crippen LogP contribution is 2.38. The Morgan fingerprint density at radius 1 is 0.375 bits per heavy atom. The Balaban J connectivity index is 1.13. The lowest BCUT2D eigenvalue weighted by Gasteiger charge is -2.15. The van der Waals surface area contributed by atoms with Gasteiger partial charge in [-0.15, -0.1) is 0 Å². The van der Waals surface area contributed by atoms with Crippen LogP contribution in [0.4, 0.5) is 0 Å². The van der Waals surface area contributed by atoms with E-state index >= 15 is 0 Å². The number of hydrogen-bond acceptors (Lipinski definition) is 2. The minimum atomic E-state index is 0.594. The highest BCUT2D eigenvalue weighted by molar-refractivity contribution is 6.10. The number of fused-ring (bicyclic) bond motifs is 6. The fourth-order valence-electron chi connectivity index (χ4n) is 7.18. The largest absolute Gasteiger partial charge is 0.309 e. The number of para-hydroxylation sites is 3. The number of rotatable bonds is 4. The maximum Gasteiger partial charge on any atom is 0.0992 e. The zero-order valence-corrected chi connectivity index (χ0v) is 25.8. The average Bonchev–Trinajstić information content (AvgIpc) is 3.67. The standard InChI is InChI=1S/C44H26N4/c45-27-29-14-24-43(48-42-12-6-3-9-37(42)38-23-13-30(28-46)26-44(38)48)39(25-29)33-17-15-31(16-18-33)32-19-21-34(22-20-32)47-40-10-4-1-7-35(40)36-8-2-5-11-41(36)47/h1-26H. The molecule has 0 atom stereocenters. The van der Waals surface area contributed by atoms with Crippen LogP contribution in [0.15, 0.2) is 158 Å². The van der Waals surface area contributed by atoms with Crippen LogP contribution in [0.5, 0.6) is 0 Å². The summed E-state index contributed by atoms with van der Waals surface area (Å²) in [5.74, 6) is 0. The van der Waals surface area contributed by atoms with E-state index in [9.17, 15) is 10.5 Å². The molecule has 0 aliphatic rings. The molecule has 0 spiro atoms. The summed E-state index contributed by atoms with van der Waals surface area (Å²) in [6.07, 6.45) is 0. The van der Waals surface area contributed by atoms with Crippen molar-refractivity contribution in [2.75, 3.05) is 0 Å². The Morgan fingerprint density at radius 3 is 1.42 bits per heavy atom. The fraction of sp³-hybridized carbons (Fsp3) is 0. The number of hydrogen-bond donors (Lipinski definition) is 0. The van der Waals surface area contributed by atoms with Crippen molar-refractivity contribution in [3.8, 4) is 45.8 Å². The molecule has 0 N–H and O–H groups in total. The molecule has 0 saturated heterocycles. The van der Waals surface area contributed by atoms with Crippen molar-refractivity contribution in [1.29, 1.82) is 10.5 Å². The predicted molar refractivity (Wildman–Crippen MR) is 195 cm³/mol. The normalized spacial score (nSPS) is 11.3. The van der Waals surface area contributed by atoms with Crippen molar-refractivity contribution in [1.82, 2.24) is 9.13 Å². The smallest absolute Gasteiger partial charge is 0.0992 e. The second kappa shape index (κ2) is 10.9. The van der Waals surface area contributed by atoms with Crippen LogP contribution in [0.3, 0.4) is 0 Å².